The van der Waals surface area contributed by atoms with Gasteiger partial charge in [0.25, 0.3) is 0 Å². The molecule has 0 radical (unpaired) electrons. The smallest absolute Gasteiger partial charge is 0.148 e. The van der Waals surface area contributed by atoms with Crippen molar-refractivity contribution in [3.05, 3.63) is 11.9 Å². The molecule has 1 aromatic rings. The number of hydrogen-bond acceptors (Lipinski definition) is 6. The first-order valence-corrected chi connectivity index (χ1v) is 6.50. The van der Waals surface area contributed by atoms with Crippen molar-refractivity contribution in [2.75, 3.05) is 30.9 Å². The molecule has 0 bridgehead atoms. The molecule has 6 heteroatoms. The topological polar surface area (TPSA) is 79.1 Å². The van der Waals surface area contributed by atoms with Gasteiger partial charge in [-0.15, -0.1) is 0 Å². The third kappa shape index (κ3) is 2.88. The van der Waals surface area contributed by atoms with Crippen LogP contribution in [0.15, 0.2) is 6.33 Å². The number of aromatic nitrogens is 2. The SMILES string of the molecule is CCc1c(NN)ncnc1NC1CCCN(C)C1. The van der Waals surface area contributed by atoms with Crippen LogP contribution in [0.2, 0.25) is 0 Å². The Labute approximate surface area is 108 Å². The highest BCUT2D eigenvalue weighted by molar-refractivity contribution is 5.57. The monoisotopic (exact) mass is 250 g/mol. The van der Waals surface area contributed by atoms with E-state index in [4.69, 9.17) is 5.84 Å². The second kappa shape index (κ2) is 5.97. The quantitative estimate of drug-likeness (QED) is 0.542. The molecule has 0 aliphatic carbocycles. The Bertz CT molecular complexity index is 394. The number of nitrogen functional groups attached to an aromatic ring is 1. The number of hydrogen-bond donors (Lipinski definition) is 3. The average Bonchev–Trinajstić information content (AvgIpc) is 2.38. The van der Waals surface area contributed by atoms with Gasteiger partial charge in [-0.1, -0.05) is 6.92 Å². The van der Waals surface area contributed by atoms with E-state index in [1.807, 2.05) is 0 Å². The Morgan fingerprint density at radius 2 is 2.22 bits per heavy atom. The highest BCUT2D eigenvalue weighted by Crippen LogP contribution is 2.22. The molecule has 0 amide bonds. The minimum Gasteiger partial charge on any atom is -0.366 e. The summed E-state index contributed by atoms with van der Waals surface area (Å²) in [6, 6.07) is 0.453. The lowest BCUT2D eigenvalue weighted by Crippen LogP contribution is -2.40. The first-order chi connectivity index (χ1) is 8.74. The van der Waals surface area contributed by atoms with Gasteiger partial charge in [0.1, 0.15) is 18.0 Å². The van der Waals surface area contributed by atoms with Crippen LogP contribution in [0, 0.1) is 0 Å². The number of hydrazine groups is 1. The molecule has 1 saturated heterocycles. The first kappa shape index (κ1) is 13.0. The van der Waals surface area contributed by atoms with E-state index in [-0.39, 0.29) is 0 Å². The van der Waals surface area contributed by atoms with Crippen LogP contribution >= 0.6 is 0 Å². The average molecular weight is 250 g/mol. The number of likely N-dealkylation sites (tertiary alicyclic amines) is 1. The number of rotatable bonds is 4. The van der Waals surface area contributed by atoms with Gasteiger partial charge in [-0.2, -0.15) is 0 Å². The largest absolute Gasteiger partial charge is 0.366 e. The van der Waals surface area contributed by atoms with Gasteiger partial charge in [0, 0.05) is 18.2 Å². The molecule has 2 heterocycles. The molecule has 1 unspecified atom stereocenters. The van der Waals surface area contributed by atoms with Crippen LogP contribution in [0.3, 0.4) is 0 Å². The van der Waals surface area contributed by atoms with Crippen LogP contribution in [-0.4, -0.2) is 41.0 Å². The normalized spacial score (nSPS) is 20.7. The summed E-state index contributed by atoms with van der Waals surface area (Å²) in [5, 5.41) is 3.52. The molecule has 1 fully saturated rings. The first-order valence-electron chi connectivity index (χ1n) is 6.50. The van der Waals surface area contributed by atoms with Crippen LogP contribution < -0.4 is 16.6 Å². The molecule has 0 spiro atoms. The van der Waals surface area contributed by atoms with Gasteiger partial charge in [-0.3, -0.25) is 0 Å². The summed E-state index contributed by atoms with van der Waals surface area (Å²) in [4.78, 5) is 10.8. The lowest BCUT2D eigenvalue weighted by molar-refractivity contribution is 0.260. The molecule has 100 valence electrons. The lowest BCUT2D eigenvalue weighted by atomic mass is 10.1. The lowest BCUT2D eigenvalue weighted by Gasteiger charge is -2.31. The molecule has 1 aliphatic rings. The summed E-state index contributed by atoms with van der Waals surface area (Å²) >= 11 is 0. The second-order valence-corrected chi connectivity index (χ2v) is 4.79. The highest BCUT2D eigenvalue weighted by Gasteiger charge is 2.19. The maximum absolute atomic E-state index is 5.47. The van der Waals surface area contributed by atoms with Gasteiger partial charge < -0.3 is 15.6 Å². The summed E-state index contributed by atoms with van der Waals surface area (Å²) < 4.78 is 0. The Hall–Kier alpha value is -1.40. The van der Waals surface area contributed by atoms with Crippen LogP contribution in [0.5, 0.6) is 0 Å². The molecule has 4 N–H and O–H groups in total. The Morgan fingerprint density at radius 1 is 1.44 bits per heavy atom. The van der Waals surface area contributed by atoms with Crippen molar-refractivity contribution in [3.8, 4) is 0 Å². The zero-order valence-electron chi connectivity index (χ0n) is 11.1. The van der Waals surface area contributed by atoms with Crippen molar-refractivity contribution >= 4 is 11.6 Å². The Morgan fingerprint density at radius 3 is 2.89 bits per heavy atom. The molecule has 1 atom stereocenters. The zero-order chi connectivity index (χ0) is 13.0. The number of nitrogens with zero attached hydrogens (tertiary/aromatic N) is 3. The Balaban J connectivity index is 2.12. The van der Waals surface area contributed by atoms with E-state index < -0.39 is 0 Å². The van der Waals surface area contributed by atoms with E-state index in [0.717, 1.165) is 24.3 Å². The van der Waals surface area contributed by atoms with Crippen LogP contribution in [0.25, 0.3) is 0 Å². The molecule has 6 nitrogen and oxygen atoms in total. The summed E-state index contributed by atoms with van der Waals surface area (Å²) in [5.74, 6) is 7.09. The van der Waals surface area contributed by atoms with Crippen LogP contribution in [0.4, 0.5) is 11.6 Å². The van der Waals surface area contributed by atoms with Crippen molar-refractivity contribution in [2.45, 2.75) is 32.2 Å². The fourth-order valence-electron chi connectivity index (χ4n) is 2.47. The second-order valence-electron chi connectivity index (χ2n) is 4.79. The summed E-state index contributed by atoms with van der Waals surface area (Å²) in [5.41, 5.74) is 3.68. The number of nitrogens with two attached hydrogens (primary N) is 1. The van der Waals surface area contributed by atoms with Gasteiger partial charge in [0.15, 0.2) is 0 Å². The number of nitrogens with one attached hydrogen (secondary N) is 2. The number of anilines is 2. The minimum atomic E-state index is 0.453. The fraction of sp³-hybridized carbons (Fsp3) is 0.667. The molecule has 2 rings (SSSR count). The van der Waals surface area contributed by atoms with Crippen molar-refractivity contribution < 1.29 is 0 Å². The van der Waals surface area contributed by atoms with Crippen LogP contribution in [-0.2, 0) is 6.42 Å². The van der Waals surface area contributed by atoms with Gasteiger partial charge in [0.2, 0.25) is 0 Å². The molecular weight excluding hydrogens is 228 g/mol. The van der Waals surface area contributed by atoms with Crippen LogP contribution in [0.1, 0.15) is 25.3 Å². The van der Waals surface area contributed by atoms with Gasteiger partial charge >= 0.3 is 0 Å². The molecule has 0 aromatic carbocycles. The highest BCUT2D eigenvalue weighted by atomic mass is 15.3. The Kier molecular flexibility index (Phi) is 4.33. The zero-order valence-corrected chi connectivity index (χ0v) is 11.1. The van der Waals surface area contributed by atoms with Crippen molar-refractivity contribution in [1.29, 1.82) is 0 Å². The number of piperidine rings is 1. The van der Waals surface area contributed by atoms with Crippen molar-refractivity contribution in [1.82, 2.24) is 14.9 Å². The maximum Gasteiger partial charge on any atom is 0.148 e. The molecular formula is C12H22N6. The van der Waals surface area contributed by atoms with E-state index >= 15 is 0 Å². The molecule has 18 heavy (non-hydrogen) atoms. The third-order valence-corrected chi connectivity index (χ3v) is 3.40. The molecule has 1 aromatic heterocycles. The van der Waals surface area contributed by atoms with Gasteiger partial charge in [-0.05, 0) is 32.9 Å². The van der Waals surface area contributed by atoms with Crippen molar-refractivity contribution in [3.63, 3.8) is 0 Å². The van der Waals surface area contributed by atoms with E-state index in [1.165, 1.54) is 19.4 Å². The standard InChI is InChI=1S/C12H22N6/c1-3-10-11(14-8-15-12(10)17-13)16-9-5-4-6-18(2)7-9/h8-9H,3-7,13H2,1-2H3,(H2,14,15,16,17). The summed E-state index contributed by atoms with van der Waals surface area (Å²) in [6.07, 6.45) is 4.81. The molecule has 0 saturated carbocycles. The van der Waals surface area contributed by atoms with E-state index in [9.17, 15) is 0 Å². The van der Waals surface area contributed by atoms with Gasteiger partial charge in [-0.25, -0.2) is 15.8 Å². The van der Waals surface area contributed by atoms with E-state index in [2.05, 4.69) is 39.6 Å². The molecule has 1 aliphatic heterocycles. The predicted molar refractivity (Wildman–Crippen MR) is 73.4 cm³/mol. The van der Waals surface area contributed by atoms with Crippen molar-refractivity contribution in [2.24, 2.45) is 5.84 Å². The summed E-state index contributed by atoms with van der Waals surface area (Å²) in [6.45, 7) is 4.31. The summed E-state index contributed by atoms with van der Waals surface area (Å²) in [7, 11) is 2.15. The minimum absolute atomic E-state index is 0.453. The van der Waals surface area contributed by atoms with E-state index in [1.54, 1.807) is 6.33 Å². The third-order valence-electron chi connectivity index (χ3n) is 3.40. The maximum atomic E-state index is 5.47. The van der Waals surface area contributed by atoms with Gasteiger partial charge in [0.05, 0.1) is 0 Å². The van der Waals surface area contributed by atoms with E-state index in [0.29, 0.717) is 11.9 Å². The number of likely N-dealkylation sites (N-methyl/N-ethyl adjacent to an activating group) is 1. The predicted octanol–water partition coefficient (Wildman–Crippen LogP) is 0.831. The fourth-order valence-corrected chi connectivity index (χ4v) is 2.47.